The van der Waals surface area contributed by atoms with Gasteiger partial charge in [0.15, 0.2) is 29.1 Å². The summed E-state index contributed by atoms with van der Waals surface area (Å²) in [6.45, 7) is 3.61. The van der Waals surface area contributed by atoms with E-state index in [4.69, 9.17) is 49.9 Å². The molecule has 3 aliphatic heterocycles. The van der Waals surface area contributed by atoms with Crippen LogP contribution in [-0.2, 0) is 32.3 Å². The van der Waals surface area contributed by atoms with Gasteiger partial charge in [0.25, 0.3) is 0 Å². The molecule has 3 fully saturated rings. The third-order valence-electron chi connectivity index (χ3n) is 6.67. The Morgan fingerprint density at radius 3 is 2.97 bits per heavy atom. The number of fused-ring (bicyclic) bond motifs is 2. The van der Waals surface area contributed by atoms with Gasteiger partial charge in [0.2, 0.25) is 11.8 Å². The second-order valence-corrected chi connectivity index (χ2v) is 11.3. The molecular weight excluding hydrogens is 557 g/mol. The highest BCUT2D eigenvalue weighted by Crippen LogP contribution is 2.58. The van der Waals surface area contributed by atoms with E-state index in [1.54, 1.807) is 36.6 Å². The molecule has 208 valence electrons. The second-order valence-electron chi connectivity index (χ2n) is 9.26. The molecule has 0 bridgehead atoms. The quantitative estimate of drug-likeness (QED) is 0.314. The number of nitrogen functional groups attached to an aromatic ring is 1. The summed E-state index contributed by atoms with van der Waals surface area (Å²) in [7, 11) is -4.00. The highest BCUT2D eigenvalue weighted by atomic mass is 35.5. The molecule has 0 radical (unpaired) electrons. The zero-order chi connectivity index (χ0) is 27.4. The fraction of sp³-hybridized carbons (Fsp3) is 0.478. The van der Waals surface area contributed by atoms with Crippen LogP contribution in [0.4, 0.5) is 10.7 Å². The molecule has 5 heterocycles. The van der Waals surface area contributed by atoms with Crippen LogP contribution in [0.15, 0.2) is 30.6 Å². The van der Waals surface area contributed by atoms with Crippen molar-refractivity contribution in [1.82, 2.24) is 19.5 Å². The van der Waals surface area contributed by atoms with E-state index >= 15 is 0 Å². The maximum Gasteiger partial charge on any atom is 0.509 e. The molecule has 1 aromatic carbocycles. The van der Waals surface area contributed by atoms with Gasteiger partial charge in [0.1, 0.15) is 12.4 Å². The van der Waals surface area contributed by atoms with Gasteiger partial charge in [-0.05, 0) is 31.5 Å². The van der Waals surface area contributed by atoms with Crippen molar-refractivity contribution in [2.45, 2.75) is 50.4 Å². The van der Waals surface area contributed by atoms with Crippen molar-refractivity contribution in [3.05, 3.63) is 41.2 Å². The Bertz CT molecular complexity index is 1470. The summed E-state index contributed by atoms with van der Waals surface area (Å²) in [6.07, 6.45) is -2.28. The third kappa shape index (κ3) is 4.71. The van der Waals surface area contributed by atoms with E-state index in [9.17, 15) is 9.36 Å². The first-order chi connectivity index (χ1) is 18.7. The van der Waals surface area contributed by atoms with Crippen LogP contribution in [0, 0.1) is 0 Å². The highest BCUT2D eigenvalue weighted by molar-refractivity contribution is 7.48. The number of phosphoric acid groups is 1. The third-order valence-corrected chi connectivity index (χ3v) is 8.39. The number of hydrogen-bond acceptors (Lipinski definition) is 13. The molecule has 16 heteroatoms. The number of hydrogen-bond donors (Lipinski definition) is 1. The molecule has 6 atom stereocenters. The van der Waals surface area contributed by atoms with Gasteiger partial charge >= 0.3 is 14.0 Å². The smallest absolute Gasteiger partial charge is 0.476 e. The molecule has 39 heavy (non-hydrogen) atoms. The number of phosphoric ester groups is 1. The average Bonchev–Trinajstić information content (AvgIpc) is 3.52. The Morgan fingerprint density at radius 2 is 2.18 bits per heavy atom. The zero-order valence-electron chi connectivity index (χ0n) is 20.9. The number of benzene rings is 1. The van der Waals surface area contributed by atoms with Crippen LogP contribution in [0.25, 0.3) is 11.2 Å². The standard InChI is InChI=1S/C23H25ClN5O9P/c1-3-32-19-16-18(27-21(25)28-19)26-11-29(16)20-23(2)17(36-22(30)37-23)15(35-20)10-34-39(31)33-8-7-14(38-39)12-5-4-6-13(24)9-12/h4-6,9,11,14-15,17,20H,3,7-8,10H2,1-2H3,(H2,25,27,28)/t14-,15+,17+,20+,23+,39+/m0/s1. The zero-order valence-corrected chi connectivity index (χ0v) is 22.5. The summed E-state index contributed by atoms with van der Waals surface area (Å²) in [5, 5.41) is 0.527. The number of anilines is 1. The molecule has 2 N–H and O–H groups in total. The molecule has 3 saturated heterocycles. The summed E-state index contributed by atoms with van der Waals surface area (Å²) in [6, 6.07) is 7.07. The van der Waals surface area contributed by atoms with Gasteiger partial charge in [0.05, 0.1) is 25.9 Å². The van der Waals surface area contributed by atoms with E-state index in [2.05, 4.69) is 15.0 Å². The summed E-state index contributed by atoms with van der Waals surface area (Å²) >= 11 is 6.10. The Balaban J connectivity index is 1.25. The van der Waals surface area contributed by atoms with Crippen LogP contribution in [0.3, 0.4) is 0 Å². The van der Waals surface area contributed by atoms with Crippen LogP contribution < -0.4 is 10.5 Å². The maximum absolute atomic E-state index is 13.4. The van der Waals surface area contributed by atoms with Crippen LogP contribution in [0.1, 0.15) is 38.2 Å². The normalized spacial score (nSPS) is 32.1. The molecule has 14 nitrogen and oxygen atoms in total. The van der Waals surface area contributed by atoms with Crippen LogP contribution in [0.5, 0.6) is 5.88 Å². The fourth-order valence-corrected chi connectivity index (χ4v) is 6.57. The lowest BCUT2D eigenvalue weighted by Gasteiger charge is -2.30. The molecule has 0 unspecified atom stereocenters. The minimum absolute atomic E-state index is 0.0113. The average molecular weight is 582 g/mol. The maximum atomic E-state index is 13.4. The molecule has 0 saturated carbocycles. The van der Waals surface area contributed by atoms with Crippen LogP contribution in [0.2, 0.25) is 5.02 Å². The van der Waals surface area contributed by atoms with Gasteiger partial charge in [0, 0.05) is 11.4 Å². The van der Waals surface area contributed by atoms with Gasteiger partial charge in [-0.3, -0.25) is 18.1 Å². The fourth-order valence-electron chi connectivity index (χ4n) is 4.98. The molecule has 6 rings (SSSR count). The molecule has 0 amide bonds. The van der Waals surface area contributed by atoms with Gasteiger partial charge in [-0.15, -0.1) is 0 Å². The lowest BCUT2D eigenvalue weighted by atomic mass is 9.96. The number of halogens is 1. The van der Waals surface area contributed by atoms with E-state index < -0.39 is 44.1 Å². The largest absolute Gasteiger partial charge is 0.509 e. The summed E-state index contributed by atoms with van der Waals surface area (Å²) in [5.74, 6) is 0.175. The first-order valence-electron chi connectivity index (χ1n) is 12.2. The van der Waals surface area contributed by atoms with Gasteiger partial charge in [-0.2, -0.15) is 9.97 Å². The molecule has 2 aromatic heterocycles. The van der Waals surface area contributed by atoms with Crippen molar-refractivity contribution >= 4 is 42.7 Å². The number of nitrogens with two attached hydrogens (primary N) is 1. The molecular formula is C23H25ClN5O9P. The SMILES string of the molecule is CCOc1nc(N)nc2ncn([C@@H]3O[C@H](CO[P@@]4(=O)OCC[C@@H](c5cccc(Cl)c5)O4)[C@H]4OC(=O)O[C@]43C)c12. The van der Waals surface area contributed by atoms with Crippen LogP contribution in [-0.4, -0.2) is 63.3 Å². The van der Waals surface area contributed by atoms with Gasteiger partial charge < -0.3 is 24.7 Å². The van der Waals surface area contributed by atoms with Gasteiger partial charge in [-0.1, -0.05) is 23.7 Å². The van der Waals surface area contributed by atoms with Crippen molar-refractivity contribution in [2.24, 2.45) is 0 Å². The Hall–Kier alpha value is -3.00. The summed E-state index contributed by atoms with van der Waals surface area (Å²) in [5.41, 5.74) is 5.89. The minimum Gasteiger partial charge on any atom is -0.476 e. The number of rotatable bonds is 7. The lowest BCUT2D eigenvalue weighted by molar-refractivity contribution is -0.0924. The highest BCUT2D eigenvalue weighted by Gasteiger charge is 2.64. The van der Waals surface area contributed by atoms with Crippen molar-refractivity contribution in [1.29, 1.82) is 0 Å². The van der Waals surface area contributed by atoms with Gasteiger partial charge in [-0.25, -0.2) is 14.3 Å². The Morgan fingerprint density at radius 1 is 1.33 bits per heavy atom. The molecule has 3 aliphatic rings. The number of nitrogens with zero attached hydrogens (tertiary/aromatic N) is 4. The van der Waals surface area contributed by atoms with E-state index in [-0.39, 0.29) is 30.7 Å². The summed E-state index contributed by atoms with van der Waals surface area (Å²) < 4.78 is 54.7. The number of carbonyl (C=O) groups is 1. The van der Waals surface area contributed by atoms with Crippen LogP contribution >= 0.6 is 19.4 Å². The predicted molar refractivity (Wildman–Crippen MR) is 134 cm³/mol. The second kappa shape index (κ2) is 9.88. The molecule has 0 spiro atoms. The number of aromatic nitrogens is 4. The van der Waals surface area contributed by atoms with Crippen molar-refractivity contribution < 1.29 is 41.9 Å². The topological polar surface area (TPSA) is 168 Å². The summed E-state index contributed by atoms with van der Waals surface area (Å²) in [4.78, 5) is 24.9. The number of carbonyl (C=O) groups excluding carboxylic acids is 1. The first-order valence-corrected chi connectivity index (χ1v) is 14.0. The first kappa shape index (κ1) is 26.2. The van der Waals surface area contributed by atoms with E-state index in [1.807, 2.05) is 6.07 Å². The Labute approximate surface area is 227 Å². The molecule has 3 aromatic rings. The molecule has 0 aliphatic carbocycles. The van der Waals surface area contributed by atoms with E-state index in [0.29, 0.717) is 23.6 Å². The van der Waals surface area contributed by atoms with E-state index in [1.165, 1.54) is 6.33 Å². The predicted octanol–water partition coefficient (Wildman–Crippen LogP) is 3.96. The number of imidazole rings is 1. The lowest BCUT2D eigenvalue weighted by Crippen LogP contribution is -2.42. The van der Waals surface area contributed by atoms with Crippen molar-refractivity contribution in [2.75, 3.05) is 25.6 Å². The Kier molecular flexibility index (Phi) is 6.64. The number of ether oxygens (including phenoxy) is 4. The van der Waals surface area contributed by atoms with Crippen molar-refractivity contribution in [3.8, 4) is 5.88 Å². The monoisotopic (exact) mass is 581 g/mol. The minimum atomic E-state index is -4.00. The van der Waals surface area contributed by atoms with Crippen molar-refractivity contribution in [3.63, 3.8) is 0 Å². The van der Waals surface area contributed by atoms with E-state index in [0.717, 1.165) is 5.56 Å².